The van der Waals surface area contributed by atoms with Gasteiger partial charge in [-0.25, -0.2) is 0 Å². The molecular formula is C13H27N3O. The average molecular weight is 241 g/mol. The van der Waals surface area contributed by atoms with Crippen molar-refractivity contribution in [3.63, 3.8) is 0 Å². The summed E-state index contributed by atoms with van der Waals surface area (Å²) in [7, 11) is 0. The fraction of sp³-hybridized carbons (Fsp3) is 1.00. The van der Waals surface area contributed by atoms with E-state index in [9.17, 15) is 0 Å². The minimum atomic E-state index is 0.333. The highest BCUT2D eigenvalue weighted by Crippen LogP contribution is 2.19. The summed E-state index contributed by atoms with van der Waals surface area (Å²) in [4.78, 5) is 5.01. The second-order valence-electron chi connectivity index (χ2n) is 5.55. The lowest BCUT2D eigenvalue weighted by molar-refractivity contribution is -0.0396. The van der Waals surface area contributed by atoms with Crippen molar-refractivity contribution in [2.75, 3.05) is 45.9 Å². The maximum absolute atomic E-state index is 5.97. The lowest BCUT2D eigenvalue weighted by Crippen LogP contribution is -2.47. The Kier molecular flexibility index (Phi) is 4.79. The molecule has 0 spiro atoms. The first kappa shape index (κ1) is 13.3. The third kappa shape index (κ3) is 3.65. The van der Waals surface area contributed by atoms with Gasteiger partial charge in [0.05, 0.1) is 12.7 Å². The monoisotopic (exact) mass is 241 g/mol. The van der Waals surface area contributed by atoms with Crippen LogP contribution in [0, 0.1) is 5.92 Å². The van der Waals surface area contributed by atoms with Gasteiger partial charge < -0.3 is 15.4 Å². The van der Waals surface area contributed by atoms with E-state index >= 15 is 0 Å². The number of likely N-dealkylation sites (tertiary alicyclic amines) is 1. The van der Waals surface area contributed by atoms with Crippen LogP contribution in [0.5, 0.6) is 0 Å². The predicted molar refractivity (Wildman–Crippen MR) is 70.1 cm³/mol. The molecule has 2 aliphatic heterocycles. The largest absolute Gasteiger partial charge is 0.374 e. The molecule has 3 atom stereocenters. The topological polar surface area (TPSA) is 41.7 Å². The molecule has 4 heteroatoms. The Morgan fingerprint density at radius 2 is 2.12 bits per heavy atom. The van der Waals surface area contributed by atoms with Gasteiger partial charge in [0.25, 0.3) is 0 Å². The third-order valence-electron chi connectivity index (χ3n) is 4.18. The number of rotatable bonds is 4. The van der Waals surface area contributed by atoms with Gasteiger partial charge in [0.1, 0.15) is 0 Å². The summed E-state index contributed by atoms with van der Waals surface area (Å²) >= 11 is 0. The van der Waals surface area contributed by atoms with Crippen LogP contribution in [-0.2, 0) is 4.74 Å². The Morgan fingerprint density at radius 1 is 1.29 bits per heavy atom. The van der Waals surface area contributed by atoms with Gasteiger partial charge in [-0.05, 0) is 32.4 Å². The summed E-state index contributed by atoms with van der Waals surface area (Å²) in [5.74, 6) is 0.681. The minimum absolute atomic E-state index is 0.333. The first-order chi connectivity index (χ1) is 8.19. The van der Waals surface area contributed by atoms with E-state index in [0.29, 0.717) is 18.1 Å². The molecule has 0 aromatic carbocycles. The maximum atomic E-state index is 5.97. The van der Waals surface area contributed by atoms with Crippen molar-refractivity contribution in [1.82, 2.24) is 9.80 Å². The Balaban J connectivity index is 1.74. The molecule has 0 bridgehead atoms. The molecular weight excluding hydrogens is 214 g/mol. The van der Waals surface area contributed by atoms with E-state index in [0.717, 1.165) is 39.3 Å². The zero-order valence-corrected chi connectivity index (χ0v) is 11.3. The van der Waals surface area contributed by atoms with Crippen molar-refractivity contribution < 1.29 is 4.74 Å². The van der Waals surface area contributed by atoms with Crippen molar-refractivity contribution in [1.29, 1.82) is 0 Å². The van der Waals surface area contributed by atoms with Gasteiger partial charge in [-0.3, -0.25) is 4.90 Å². The van der Waals surface area contributed by atoms with Crippen LogP contribution < -0.4 is 5.73 Å². The third-order valence-corrected chi connectivity index (χ3v) is 4.18. The fourth-order valence-electron chi connectivity index (χ4n) is 2.92. The average Bonchev–Trinajstić information content (AvgIpc) is 2.78. The zero-order valence-electron chi connectivity index (χ0n) is 11.3. The molecule has 0 saturated carbocycles. The first-order valence-electron chi connectivity index (χ1n) is 7.01. The van der Waals surface area contributed by atoms with Crippen LogP contribution in [0.25, 0.3) is 0 Å². The van der Waals surface area contributed by atoms with Crippen LogP contribution >= 0.6 is 0 Å². The van der Waals surface area contributed by atoms with Crippen molar-refractivity contribution >= 4 is 0 Å². The molecule has 0 radical (unpaired) electrons. The minimum Gasteiger partial charge on any atom is -0.374 e. The van der Waals surface area contributed by atoms with Crippen molar-refractivity contribution in [2.45, 2.75) is 32.4 Å². The highest BCUT2D eigenvalue weighted by molar-refractivity contribution is 4.83. The van der Waals surface area contributed by atoms with Crippen molar-refractivity contribution in [3.05, 3.63) is 0 Å². The predicted octanol–water partition coefficient (Wildman–Crippen LogP) is 0.376. The maximum Gasteiger partial charge on any atom is 0.0829 e. The fourth-order valence-corrected chi connectivity index (χ4v) is 2.92. The molecule has 0 aromatic heterocycles. The number of nitrogens with two attached hydrogens (primary N) is 1. The standard InChI is InChI=1S/C13H27N3O/c1-3-15-6-7-17-13(9-15)10-16-5-4-12(8-16)11(2)14/h11-13H,3-10,14H2,1-2H3. The van der Waals surface area contributed by atoms with Gasteiger partial charge in [-0.15, -0.1) is 0 Å². The Hall–Kier alpha value is -0.160. The molecule has 2 fully saturated rings. The summed E-state index contributed by atoms with van der Waals surface area (Å²) in [6.45, 7) is 12.0. The lowest BCUT2D eigenvalue weighted by atomic mass is 10.0. The first-order valence-corrected chi connectivity index (χ1v) is 7.01. The van der Waals surface area contributed by atoms with Crippen molar-refractivity contribution in [3.8, 4) is 0 Å². The molecule has 2 saturated heterocycles. The summed E-state index contributed by atoms with van der Waals surface area (Å²) in [5.41, 5.74) is 5.97. The summed E-state index contributed by atoms with van der Waals surface area (Å²) in [6.07, 6.45) is 1.65. The SMILES string of the molecule is CCN1CCOC(CN2CCC(C(C)N)C2)C1. The van der Waals surface area contributed by atoms with Gasteiger partial charge in [-0.2, -0.15) is 0 Å². The highest BCUT2D eigenvalue weighted by atomic mass is 16.5. The number of ether oxygens (including phenoxy) is 1. The van der Waals surface area contributed by atoms with E-state index in [-0.39, 0.29) is 0 Å². The number of morpholine rings is 1. The molecule has 0 amide bonds. The number of hydrogen-bond acceptors (Lipinski definition) is 4. The van der Waals surface area contributed by atoms with Crippen LogP contribution in [0.2, 0.25) is 0 Å². The Morgan fingerprint density at radius 3 is 2.76 bits per heavy atom. The van der Waals surface area contributed by atoms with Crippen LogP contribution in [0.1, 0.15) is 20.3 Å². The number of nitrogens with zero attached hydrogens (tertiary/aromatic N) is 2. The van der Waals surface area contributed by atoms with Crippen LogP contribution in [0.4, 0.5) is 0 Å². The lowest BCUT2D eigenvalue weighted by Gasteiger charge is -2.34. The molecule has 2 heterocycles. The second kappa shape index (κ2) is 6.14. The van der Waals surface area contributed by atoms with Gasteiger partial charge in [0.15, 0.2) is 0 Å². The molecule has 0 aliphatic carbocycles. The van der Waals surface area contributed by atoms with E-state index in [2.05, 4.69) is 23.6 Å². The van der Waals surface area contributed by atoms with Crippen LogP contribution in [0.15, 0.2) is 0 Å². The molecule has 4 nitrogen and oxygen atoms in total. The zero-order chi connectivity index (χ0) is 12.3. The second-order valence-corrected chi connectivity index (χ2v) is 5.55. The highest BCUT2D eigenvalue weighted by Gasteiger charge is 2.28. The Labute approximate surface area is 105 Å². The normalized spacial score (nSPS) is 34.1. The molecule has 3 unspecified atom stereocenters. The van der Waals surface area contributed by atoms with E-state index in [4.69, 9.17) is 10.5 Å². The molecule has 0 aromatic rings. The van der Waals surface area contributed by atoms with Crippen molar-refractivity contribution in [2.24, 2.45) is 11.7 Å². The van der Waals surface area contributed by atoms with Gasteiger partial charge >= 0.3 is 0 Å². The van der Waals surface area contributed by atoms with Crippen LogP contribution in [-0.4, -0.2) is 67.8 Å². The van der Waals surface area contributed by atoms with Gasteiger partial charge in [0, 0.05) is 32.2 Å². The van der Waals surface area contributed by atoms with E-state index < -0.39 is 0 Å². The summed E-state index contributed by atoms with van der Waals surface area (Å²) < 4.78 is 5.85. The number of likely N-dealkylation sites (N-methyl/N-ethyl adjacent to an activating group) is 1. The summed E-state index contributed by atoms with van der Waals surface area (Å²) in [5, 5.41) is 0. The molecule has 2 rings (SSSR count). The molecule has 100 valence electrons. The molecule has 2 aliphatic rings. The van der Waals surface area contributed by atoms with E-state index in [1.807, 2.05) is 0 Å². The summed E-state index contributed by atoms with van der Waals surface area (Å²) in [6, 6.07) is 0.333. The smallest absolute Gasteiger partial charge is 0.0829 e. The molecule has 2 N–H and O–H groups in total. The van der Waals surface area contributed by atoms with Gasteiger partial charge in [0.2, 0.25) is 0 Å². The quantitative estimate of drug-likeness (QED) is 0.772. The van der Waals surface area contributed by atoms with Gasteiger partial charge in [-0.1, -0.05) is 6.92 Å². The van der Waals surface area contributed by atoms with Crippen LogP contribution in [0.3, 0.4) is 0 Å². The number of hydrogen-bond donors (Lipinski definition) is 1. The van der Waals surface area contributed by atoms with E-state index in [1.165, 1.54) is 13.0 Å². The molecule has 17 heavy (non-hydrogen) atoms. The van der Waals surface area contributed by atoms with E-state index in [1.54, 1.807) is 0 Å². The Bertz CT molecular complexity index is 235.